The van der Waals surface area contributed by atoms with Gasteiger partial charge < -0.3 is 9.52 Å². The Balaban J connectivity index is 1.98. The zero-order valence-electron chi connectivity index (χ0n) is 9.75. The van der Waals surface area contributed by atoms with Crippen LogP contribution in [0.2, 0.25) is 0 Å². The first-order valence-corrected chi connectivity index (χ1v) is 5.33. The van der Waals surface area contributed by atoms with Gasteiger partial charge in [0.25, 0.3) is 5.91 Å². The van der Waals surface area contributed by atoms with Crippen LogP contribution in [0.15, 0.2) is 46.1 Å². The largest absolute Gasteiger partial charge is 0.508 e. The molecule has 0 saturated carbocycles. The van der Waals surface area contributed by atoms with Crippen molar-refractivity contribution in [1.82, 2.24) is 5.43 Å². The maximum atomic E-state index is 11.6. The van der Waals surface area contributed by atoms with Gasteiger partial charge in [-0.3, -0.25) is 4.79 Å². The molecule has 0 unspecified atom stereocenters. The number of hydrazone groups is 1. The fourth-order valence-corrected chi connectivity index (χ4v) is 1.41. The molecule has 1 aromatic carbocycles. The van der Waals surface area contributed by atoms with Gasteiger partial charge in [0.05, 0.1) is 18.0 Å². The quantitative estimate of drug-likeness (QED) is 0.641. The Hall–Kier alpha value is -2.56. The Kier molecular flexibility index (Phi) is 3.43. The third-order valence-corrected chi connectivity index (χ3v) is 2.38. The third-order valence-electron chi connectivity index (χ3n) is 2.38. The van der Waals surface area contributed by atoms with E-state index in [1.807, 2.05) is 0 Å². The highest BCUT2D eigenvalue weighted by atomic mass is 16.3. The highest BCUT2D eigenvalue weighted by Crippen LogP contribution is 2.09. The standard InChI is InChI=1S/C13H12N2O3/c1-9-12(6-7-18-9)13(17)15-14-8-10-2-4-11(16)5-3-10/h2-8,16H,1H3,(H,15,17). The number of amides is 1. The number of rotatable bonds is 3. The summed E-state index contributed by atoms with van der Waals surface area (Å²) in [6.45, 7) is 1.71. The molecule has 0 aliphatic carbocycles. The van der Waals surface area contributed by atoms with Crippen LogP contribution in [0, 0.1) is 6.92 Å². The lowest BCUT2D eigenvalue weighted by molar-refractivity contribution is 0.0953. The van der Waals surface area contributed by atoms with Crippen molar-refractivity contribution in [3.63, 3.8) is 0 Å². The van der Waals surface area contributed by atoms with Gasteiger partial charge in [-0.2, -0.15) is 5.10 Å². The van der Waals surface area contributed by atoms with Crippen molar-refractivity contribution in [1.29, 1.82) is 0 Å². The highest BCUT2D eigenvalue weighted by Gasteiger charge is 2.09. The van der Waals surface area contributed by atoms with Crippen LogP contribution in [0.4, 0.5) is 0 Å². The van der Waals surface area contributed by atoms with Crippen LogP contribution in [-0.4, -0.2) is 17.2 Å². The molecule has 0 atom stereocenters. The van der Waals surface area contributed by atoms with Gasteiger partial charge >= 0.3 is 0 Å². The van der Waals surface area contributed by atoms with E-state index in [9.17, 15) is 4.79 Å². The Labute approximate surface area is 104 Å². The van der Waals surface area contributed by atoms with E-state index in [-0.39, 0.29) is 11.7 Å². The van der Waals surface area contributed by atoms with Crippen molar-refractivity contribution in [2.24, 2.45) is 5.10 Å². The predicted molar refractivity (Wildman–Crippen MR) is 66.6 cm³/mol. The van der Waals surface area contributed by atoms with Crippen LogP contribution in [0.1, 0.15) is 21.7 Å². The monoisotopic (exact) mass is 244 g/mol. The minimum Gasteiger partial charge on any atom is -0.508 e. The Morgan fingerprint density at radius 1 is 1.33 bits per heavy atom. The topological polar surface area (TPSA) is 74.8 Å². The van der Waals surface area contributed by atoms with Crippen molar-refractivity contribution < 1.29 is 14.3 Å². The summed E-state index contributed by atoms with van der Waals surface area (Å²) in [6.07, 6.45) is 2.95. The van der Waals surface area contributed by atoms with Crippen LogP contribution >= 0.6 is 0 Å². The summed E-state index contributed by atoms with van der Waals surface area (Å²) in [5.41, 5.74) is 3.63. The molecule has 0 spiro atoms. The van der Waals surface area contributed by atoms with Gasteiger partial charge in [-0.15, -0.1) is 0 Å². The molecule has 0 aliphatic heterocycles. The zero-order valence-corrected chi connectivity index (χ0v) is 9.75. The van der Waals surface area contributed by atoms with Crippen molar-refractivity contribution in [2.75, 3.05) is 0 Å². The molecule has 1 aromatic heterocycles. The molecule has 0 radical (unpaired) electrons. The van der Waals surface area contributed by atoms with E-state index < -0.39 is 0 Å². The maximum absolute atomic E-state index is 11.6. The van der Waals surface area contributed by atoms with E-state index in [2.05, 4.69) is 10.5 Å². The molecule has 2 aromatic rings. The van der Waals surface area contributed by atoms with Gasteiger partial charge in [-0.05, 0) is 42.8 Å². The van der Waals surface area contributed by atoms with Crippen LogP contribution in [-0.2, 0) is 0 Å². The second kappa shape index (κ2) is 5.18. The summed E-state index contributed by atoms with van der Waals surface area (Å²) >= 11 is 0. The zero-order chi connectivity index (χ0) is 13.0. The molecule has 1 heterocycles. The molecule has 0 aliphatic rings. The molecule has 0 saturated heterocycles. The molecule has 18 heavy (non-hydrogen) atoms. The molecular weight excluding hydrogens is 232 g/mol. The van der Waals surface area contributed by atoms with Crippen LogP contribution in [0.3, 0.4) is 0 Å². The maximum Gasteiger partial charge on any atom is 0.274 e. The summed E-state index contributed by atoms with van der Waals surface area (Å²) in [6, 6.07) is 8.05. The van der Waals surface area contributed by atoms with E-state index in [0.29, 0.717) is 11.3 Å². The smallest absolute Gasteiger partial charge is 0.274 e. The first-order chi connectivity index (χ1) is 8.66. The van der Waals surface area contributed by atoms with Gasteiger partial charge in [-0.1, -0.05) is 0 Å². The van der Waals surface area contributed by atoms with Crippen LogP contribution < -0.4 is 5.43 Å². The Bertz CT molecular complexity index is 570. The average molecular weight is 244 g/mol. The molecule has 2 N–H and O–H groups in total. The number of aryl methyl sites for hydroxylation is 1. The lowest BCUT2D eigenvalue weighted by Crippen LogP contribution is -2.17. The van der Waals surface area contributed by atoms with E-state index in [0.717, 1.165) is 5.56 Å². The second-order valence-corrected chi connectivity index (χ2v) is 3.68. The summed E-state index contributed by atoms with van der Waals surface area (Å²) in [5.74, 6) is 0.411. The average Bonchev–Trinajstić information content (AvgIpc) is 2.78. The van der Waals surface area contributed by atoms with Crippen molar-refractivity contribution in [3.8, 4) is 5.75 Å². The van der Waals surface area contributed by atoms with Gasteiger partial charge in [0, 0.05) is 0 Å². The summed E-state index contributed by atoms with van der Waals surface area (Å²) in [7, 11) is 0. The van der Waals surface area contributed by atoms with Crippen LogP contribution in [0.25, 0.3) is 0 Å². The number of benzene rings is 1. The molecule has 1 amide bonds. The highest BCUT2D eigenvalue weighted by molar-refractivity contribution is 5.95. The molecule has 0 bridgehead atoms. The third kappa shape index (κ3) is 2.76. The molecule has 0 fully saturated rings. The Morgan fingerprint density at radius 3 is 2.67 bits per heavy atom. The number of furan rings is 1. The molecular formula is C13H12N2O3. The number of phenols is 1. The Morgan fingerprint density at radius 2 is 2.06 bits per heavy atom. The van der Waals surface area contributed by atoms with Crippen molar-refractivity contribution in [2.45, 2.75) is 6.92 Å². The number of aromatic hydroxyl groups is 1. The number of carbonyl (C=O) groups excluding carboxylic acids is 1. The molecule has 5 nitrogen and oxygen atoms in total. The number of hydrogen-bond acceptors (Lipinski definition) is 4. The number of hydrogen-bond donors (Lipinski definition) is 2. The fraction of sp³-hybridized carbons (Fsp3) is 0.0769. The van der Waals surface area contributed by atoms with E-state index in [1.54, 1.807) is 37.3 Å². The van der Waals surface area contributed by atoms with Crippen LogP contribution in [0.5, 0.6) is 5.75 Å². The normalized spacial score (nSPS) is 10.7. The number of phenolic OH excluding ortho intramolecular Hbond substituents is 1. The first-order valence-electron chi connectivity index (χ1n) is 5.33. The van der Waals surface area contributed by atoms with Crippen molar-refractivity contribution >= 4 is 12.1 Å². The van der Waals surface area contributed by atoms with E-state index in [4.69, 9.17) is 9.52 Å². The first kappa shape index (κ1) is 11.9. The van der Waals surface area contributed by atoms with Gasteiger partial charge in [0.1, 0.15) is 11.5 Å². The molecule has 5 heteroatoms. The summed E-state index contributed by atoms with van der Waals surface area (Å²) < 4.78 is 5.02. The lowest BCUT2D eigenvalue weighted by atomic mass is 10.2. The minimum absolute atomic E-state index is 0.185. The fourth-order valence-electron chi connectivity index (χ4n) is 1.41. The molecule has 2 rings (SSSR count). The van der Waals surface area contributed by atoms with Gasteiger partial charge in [0.2, 0.25) is 0 Å². The van der Waals surface area contributed by atoms with Gasteiger partial charge in [0.15, 0.2) is 0 Å². The number of carbonyl (C=O) groups is 1. The summed E-state index contributed by atoms with van der Waals surface area (Å²) in [5, 5.41) is 12.9. The SMILES string of the molecule is Cc1occc1C(=O)NN=Cc1ccc(O)cc1. The minimum atomic E-state index is -0.323. The van der Waals surface area contributed by atoms with E-state index in [1.165, 1.54) is 12.5 Å². The number of nitrogens with zero attached hydrogens (tertiary/aromatic N) is 1. The van der Waals surface area contributed by atoms with Crippen molar-refractivity contribution in [3.05, 3.63) is 53.5 Å². The van der Waals surface area contributed by atoms with Gasteiger partial charge in [-0.25, -0.2) is 5.43 Å². The second-order valence-electron chi connectivity index (χ2n) is 3.68. The predicted octanol–water partition coefficient (Wildman–Crippen LogP) is 2.06. The number of nitrogens with one attached hydrogen (secondary N) is 1. The summed E-state index contributed by atoms with van der Waals surface area (Å²) in [4.78, 5) is 11.6. The lowest BCUT2D eigenvalue weighted by Gasteiger charge is -1.97. The van der Waals surface area contributed by atoms with E-state index >= 15 is 0 Å². The molecule has 92 valence electrons.